The number of nitriles is 1. The third-order valence-corrected chi connectivity index (χ3v) is 12.5. The van der Waals surface area contributed by atoms with E-state index in [4.69, 9.17) is 25.8 Å². The number of hydrogen-bond donors (Lipinski definition) is 1. The van der Waals surface area contributed by atoms with Gasteiger partial charge in [-0.25, -0.2) is 27.6 Å². The van der Waals surface area contributed by atoms with Crippen molar-refractivity contribution in [3.05, 3.63) is 46.8 Å². The fraction of sp³-hybridized carbons (Fsp3) is 0.524. The van der Waals surface area contributed by atoms with Crippen molar-refractivity contribution in [3.8, 4) is 23.2 Å². The molecule has 0 spiro atoms. The van der Waals surface area contributed by atoms with Crippen molar-refractivity contribution in [2.24, 2.45) is 0 Å². The van der Waals surface area contributed by atoms with Crippen LogP contribution in [0.5, 0.6) is 6.01 Å². The summed E-state index contributed by atoms with van der Waals surface area (Å²) in [6, 6.07) is 5.41. The van der Waals surface area contributed by atoms with Gasteiger partial charge in [0.25, 0.3) is 0 Å². The van der Waals surface area contributed by atoms with Crippen molar-refractivity contribution in [2.45, 2.75) is 109 Å². The third-order valence-electron chi connectivity index (χ3n) is 11.4. The van der Waals surface area contributed by atoms with E-state index >= 15 is 8.78 Å². The molecule has 0 aliphatic carbocycles. The zero-order valence-corrected chi connectivity index (χ0v) is 34.6. The Morgan fingerprint density at radius 3 is 2.46 bits per heavy atom. The Bertz CT molecular complexity index is 2460. The molecule has 4 aliphatic heterocycles. The van der Waals surface area contributed by atoms with Crippen molar-refractivity contribution < 1.29 is 37.0 Å². The number of thiophene rings is 1. The number of nitrogens with one attached hydrogen (secondary N) is 1. The number of carbonyl (C=O) groups is 2. The van der Waals surface area contributed by atoms with Crippen molar-refractivity contribution in [2.75, 3.05) is 43.0 Å². The monoisotopic (exact) mass is 830 g/mol. The third kappa shape index (κ3) is 7.44. The van der Waals surface area contributed by atoms with Gasteiger partial charge in [0.15, 0.2) is 5.82 Å². The van der Waals surface area contributed by atoms with Crippen molar-refractivity contribution >= 4 is 61.0 Å². The van der Waals surface area contributed by atoms with Crippen LogP contribution in [0.3, 0.4) is 0 Å². The fourth-order valence-electron chi connectivity index (χ4n) is 9.14. The van der Waals surface area contributed by atoms with Crippen LogP contribution in [-0.4, -0.2) is 99.7 Å². The normalized spacial score (nSPS) is 23.0. The molecule has 4 atom stereocenters. The highest BCUT2D eigenvalue weighted by atomic mass is 32.1. The lowest BCUT2D eigenvalue weighted by Gasteiger charge is -2.42. The number of halogens is 3. The van der Waals surface area contributed by atoms with Crippen molar-refractivity contribution in [1.82, 2.24) is 19.8 Å². The van der Waals surface area contributed by atoms with Crippen LogP contribution in [-0.2, 0) is 9.47 Å². The largest absolute Gasteiger partial charge is 0.461 e. The summed E-state index contributed by atoms with van der Waals surface area (Å²) in [5.74, 6) is -1.34. The molecule has 310 valence electrons. The molecule has 8 rings (SSSR count). The van der Waals surface area contributed by atoms with Crippen LogP contribution in [0, 0.1) is 29.5 Å². The number of hydrogen-bond acceptors (Lipinski definition) is 11. The summed E-state index contributed by atoms with van der Waals surface area (Å²) in [4.78, 5) is 45.0. The molecule has 6 heterocycles. The predicted molar refractivity (Wildman–Crippen MR) is 217 cm³/mol. The molecular formula is C42H45F3N8O5S. The van der Waals surface area contributed by atoms with Crippen LogP contribution in [0.15, 0.2) is 18.2 Å². The Hall–Kier alpha value is -5.39. The van der Waals surface area contributed by atoms with E-state index < -0.39 is 46.7 Å². The smallest absolute Gasteiger partial charge is 0.411 e. The lowest BCUT2D eigenvalue weighted by molar-refractivity contribution is 0.0122. The van der Waals surface area contributed by atoms with Crippen LogP contribution in [0.1, 0.15) is 79.2 Å². The fourth-order valence-corrected chi connectivity index (χ4v) is 10.2. The molecule has 2 aromatic heterocycles. The number of ether oxygens (including phenoxy) is 3. The van der Waals surface area contributed by atoms with Crippen molar-refractivity contribution in [1.29, 1.82) is 5.26 Å². The molecule has 59 heavy (non-hydrogen) atoms. The number of aromatic nitrogens is 2. The minimum Gasteiger partial charge on any atom is -0.461 e. The number of alkyl halides is 1. The van der Waals surface area contributed by atoms with Gasteiger partial charge in [0.05, 0.1) is 40.5 Å². The topological polar surface area (TPSA) is 138 Å². The van der Waals surface area contributed by atoms with Gasteiger partial charge in [-0.3, -0.25) is 15.1 Å². The Balaban J connectivity index is 1.26. The van der Waals surface area contributed by atoms with Gasteiger partial charge in [0.2, 0.25) is 5.69 Å². The number of rotatable bonds is 6. The van der Waals surface area contributed by atoms with E-state index in [-0.39, 0.29) is 73.1 Å². The standard InChI is InChI=1S/C42H45F3N8O5S/c1-40(2,3)57-38(54)50-36-33(47-7)30-26(11-12-28(44)34(30)59-36)29-22(17-46)15-27-32(31(29)45)48-37(56-21-42-13-8-14-52(42)18-23(43)16-42)49-35(27)51-19-24-9-10-25(20-51)53(24)39(55)58-41(4,5)6/h11-12,15,23-25H,8-10,13-14,16,18-21H2,1-6H3,(H,50,54)/t23-,24?,25?,42+/m1/s1. The first-order chi connectivity index (χ1) is 27.9. The van der Waals surface area contributed by atoms with Crippen LogP contribution in [0.2, 0.25) is 0 Å². The molecule has 2 bridgehead atoms. The summed E-state index contributed by atoms with van der Waals surface area (Å²) >= 11 is 0.796. The van der Waals surface area contributed by atoms with Gasteiger partial charge >= 0.3 is 18.2 Å². The van der Waals surface area contributed by atoms with Crippen LogP contribution in [0.4, 0.5) is 39.3 Å². The zero-order chi connectivity index (χ0) is 42.2. The lowest BCUT2D eigenvalue weighted by atomic mass is 9.94. The van der Waals surface area contributed by atoms with Gasteiger partial charge in [-0.15, -0.1) is 11.3 Å². The Labute approximate surface area is 343 Å². The maximum absolute atomic E-state index is 17.6. The number of carbonyl (C=O) groups excluding carboxylic acids is 2. The maximum Gasteiger partial charge on any atom is 0.411 e. The van der Waals surface area contributed by atoms with Crippen molar-refractivity contribution in [3.63, 3.8) is 0 Å². The number of benzene rings is 2. The van der Waals surface area contributed by atoms with E-state index in [2.05, 4.69) is 26.1 Å². The highest BCUT2D eigenvalue weighted by molar-refractivity contribution is 7.24. The van der Waals surface area contributed by atoms with Crippen LogP contribution >= 0.6 is 11.3 Å². The quantitative estimate of drug-likeness (QED) is 0.187. The molecule has 13 nitrogen and oxygen atoms in total. The summed E-state index contributed by atoms with van der Waals surface area (Å²) in [7, 11) is 0. The second-order valence-corrected chi connectivity index (χ2v) is 18.8. The maximum atomic E-state index is 17.6. The summed E-state index contributed by atoms with van der Waals surface area (Å²) in [6.07, 6.45) is 1.07. The average molecular weight is 831 g/mol. The van der Waals surface area contributed by atoms with Gasteiger partial charge < -0.3 is 19.1 Å². The predicted octanol–water partition coefficient (Wildman–Crippen LogP) is 9.10. The Kier molecular flexibility index (Phi) is 10.1. The molecule has 4 fully saturated rings. The number of nitrogens with zero attached hydrogens (tertiary/aromatic N) is 7. The summed E-state index contributed by atoms with van der Waals surface area (Å²) in [5.41, 5.74) is -2.73. The number of amides is 2. The first-order valence-electron chi connectivity index (χ1n) is 19.7. The summed E-state index contributed by atoms with van der Waals surface area (Å²) < 4.78 is 65.2. The lowest BCUT2D eigenvalue weighted by Crippen LogP contribution is -2.57. The molecule has 2 amide bonds. The SMILES string of the molecule is [C-]#[N+]c1c(NC(=O)OC(C)(C)C)sc2c(F)ccc(-c3c(C#N)cc4c(N5CC6CCC(C5)N6C(=O)OC(C)(C)C)nc(OC[C@@]56CCCN5C[C@H](F)C6)nc4c3F)c12. The molecule has 2 aromatic carbocycles. The minimum atomic E-state index is -1.00. The Morgan fingerprint density at radius 2 is 1.80 bits per heavy atom. The van der Waals surface area contributed by atoms with E-state index in [0.29, 0.717) is 44.7 Å². The second-order valence-electron chi connectivity index (χ2n) is 17.8. The molecule has 4 aliphatic rings. The first-order valence-corrected chi connectivity index (χ1v) is 20.6. The molecule has 17 heteroatoms. The van der Waals surface area contributed by atoms with Gasteiger partial charge in [-0.2, -0.15) is 15.2 Å². The van der Waals surface area contributed by atoms with Gasteiger partial charge in [0.1, 0.15) is 46.1 Å². The molecule has 4 aromatic rings. The number of piperazine rings is 1. The number of fused-ring (bicyclic) bond motifs is 5. The zero-order valence-electron chi connectivity index (χ0n) is 33.7. The number of anilines is 2. The summed E-state index contributed by atoms with van der Waals surface area (Å²) in [5, 5.41) is 13.4. The van der Waals surface area contributed by atoms with E-state index in [0.717, 1.165) is 36.8 Å². The van der Waals surface area contributed by atoms with E-state index in [1.807, 2.05) is 25.7 Å². The molecule has 2 unspecified atom stereocenters. The van der Waals surface area contributed by atoms with Crippen LogP contribution in [0.25, 0.3) is 37.0 Å². The minimum absolute atomic E-state index is 0.00137. The molecule has 0 saturated carbocycles. The van der Waals surface area contributed by atoms with Gasteiger partial charge in [0, 0.05) is 42.4 Å². The molecule has 4 saturated heterocycles. The van der Waals surface area contributed by atoms with E-state index in [1.165, 1.54) is 12.1 Å². The van der Waals surface area contributed by atoms with E-state index in [9.17, 15) is 19.2 Å². The van der Waals surface area contributed by atoms with Gasteiger partial charge in [-0.1, -0.05) is 6.07 Å². The molecule has 1 N–H and O–H groups in total. The van der Waals surface area contributed by atoms with E-state index in [1.54, 1.807) is 25.7 Å². The van der Waals surface area contributed by atoms with Gasteiger partial charge in [-0.05, 0) is 91.5 Å². The van der Waals surface area contributed by atoms with Crippen LogP contribution < -0.4 is 15.0 Å². The molecular weight excluding hydrogens is 786 g/mol. The average Bonchev–Trinajstić information content (AvgIpc) is 3.87. The molecule has 0 radical (unpaired) electrons. The highest BCUT2D eigenvalue weighted by Crippen LogP contribution is 2.50. The summed E-state index contributed by atoms with van der Waals surface area (Å²) in [6.45, 7) is 20.3. The first kappa shape index (κ1) is 40.4. The highest BCUT2D eigenvalue weighted by Gasteiger charge is 2.50. The second kappa shape index (κ2) is 14.7. The Morgan fingerprint density at radius 1 is 1.08 bits per heavy atom.